The Labute approximate surface area is 139 Å². The lowest BCUT2D eigenvalue weighted by Gasteiger charge is -2.28. The molecule has 0 aliphatic rings. The van der Waals surface area contributed by atoms with Crippen LogP contribution in [-0.4, -0.2) is 34.9 Å². The molecule has 1 atom stereocenters. The minimum absolute atomic E-state index is 0.243. The number of nitrogens with zero attached hydrogens (tertiary/aromatic N) is 2. The van der Waals surface area contributed by atoms with Crippen LogP contribution in [0.25, 0.3) is 0 Å². The summed E-state index contributed by atoms with van der Waals surface area (Å²) in [4.78, 5) is 30.0. The van der Waals surface area contributed by atoms with Crippen LogP contribution in [0.1, 0.15) is 22.8 Å². The van der Waals surface area contributed by atoms with E-state index in [0.717, 1.165) is 5.56 Å². The van der Waals surface area contributed by atoms with E-state index in [0.29, 0.717) is 5.56 Å². The van der Waals surface area contributed by atoms with E-state index in [2.05, 4.69) is 4.98 Å². The second-order valence-electron chi connectivity index (χ2n) is 4.97. The molecule has 1 aromatic heterocycles. The molecule has 0 aliphatic carbocycles. The number of aromatic nitrogens is 1. The zero-order valence-electron chi connectivity index (χ0n) is 12.9. The summed E-state index contributed by atoms with van der Waals surface area (Å²) in [6.45, 7) is 1.90. The fourth-order valence-electron chi connectivity index (χ4n) is 2.17. The van der Waals surface area contributed by atoms with E-state index in [9.17, 15) is 9.59 Å². The van der Waals surface area contributed by atoms with Crippen LogP contribution >= 0.6 is 11.6 Å². The molecule has 120 valence electrons. The predicted molar refractivity (Wildman–Crippen MR) is 87.0 cm³/mol. The molecule has 23 heavy (non-hydrogen) atoms. The molecular weight excluding hydrogens is 316 g/mol. The molecule has 0 bridgehead atoms. The first-order chi connectivity index (χ1) is 11.0. The maximum Gasteiger partial charge on any atom is 0.328 e. The van der Waals surface area contributed by atoms with Gasteiger partial charge in [0.05, 0.1) is 17.7 Å². The first kappa shape index (κ1) is 17.0. The molecule has 0 saturated heterocycles. The van der Waals surface area contributed by atoms with E-state index in [1.807, 2.05) is 30.3 Å². The Hall–Kier alpha value is -2.40. The molecule has 1 amide bonds. The molecule has 0 fully saturated rings. The summed E-state index contributed by atoms with van der Waals surface area (Å²) in [5, 5.41) is 0.243. The lowest BCUT2D eigenvalue weighted by molar-refractivity contribution is -0.145. The molecule has 0 spiro atoms. The zero-order valence-corrected chi connectivity index (χ0v) is 13.7. The number of hydrogen-bond acceptors (Lipinski definition) is 4. The van der Waals surface area contributed by atoms with Crippen molar-refractivity contribution in [2.75, 3.05) is 7.11 Å². The van der Waals surface area contributed by atoms with Crippen molar-refractivity contribution in [3.05, 3.63) is 64.9 Å². The number of benzene rings is 1. The van der Waals surface area contributed by atoms with Crippen molar-refractivity contribution < 1.29 is 14.3 Å². The van der Waals surface area contributed by atoms with Gasteiger partial charge in [0.15, 0.2) is 0 Å². The fourth-order valence-corrected chi connectivity index (χ4v) is 2.37. The number of esters is 1. The van der Waals surface area contributed by atoms with Crippen LogP contribution < -0.4 is 0 Å². The van der Waals surface area contributed by atoms with Gasteiger partial charge in [-0.15, -0.1) is 0 Å². The Morgan fingerprint density at radius 2 is 1.96 bits per heavy atom. The second-order valence-corrected chi connectivity index (χ2v) is 5.38. The second kappa shape index (κ2) is 7.74. The first-order valence-electron chi connectivity index (χ1n) is 7.06. The van der Waals surface area contributed by atoms with E-state index >= 15 is 0 Å². The average Bonchev–Trinajstić information content (AvgIpc) is 2.59. The van der Waals surface area contributed by atoms with Gasteiger partial charge in [-0.05, 0) is 18.6 Å². The third kappa shape index (κ3) is 4.07. The van der Waals surface area contributed by atoms with Crippen LogP contribution in [0.2, 0.25) is 5.02 Å². The largest absolute Gasteiger partial charge is 0.467 e. The van der Waals surface area contributed by atoms with Crippen LogP contribution in [0.15, 0.2) is 48.8 Å². The summed E-state index contributed by atoms with van der Waals surface area (Å²) < 4.78 is 4.77. The SMILES string of the molecule is COC(=O)[C@H](C)N(Cc1ccccc1)C(=O)c1ccncc1Cl. The van der Waals surface area contributed by atoms with Crippen molar-refractivity contribution in [3.8, 4) is 0 Å². The smallest absolute Gasteiger partial charge is 0.328 e. The number of carbonyl (C=O) groups is 2. The number of methoxy groups -OCH3 is 1. The number of amides is 1. The molecule has 6 heteroatoms. The quantitative estimate of drug-likeness (QED) is 0.790. The van der Waals surface area contributed by atoms with Crippen molar-refractivity contribution in [1.82, 2.24) is 9.88 Å². The van der Waals surface area contributed by atoms with Crippen molar-refractivity contribution in [2.24, 2.45) is 0 Å². The topological polar surface area (TPSA) is 59.5 Å². The molecule has 2 aromatic rings. The van der Waals surface area contributed by atoms with Gasteiger partial charge in [0.1, 0.15) is 6.04 Å². The minimum Gasteiger partial charge on any atom is -0.467 e. The molecule has 1 aromatic carbocycles. The normalized spacial score (nSPS) is 11.6. The number of carbonyl (C=O) groups excluding carboxylic acids is 2. The van der Waals surface area contributed by atoms with Crippen LogP contribution in [0, 0.1) is 0 Å². The minimum atomic E-state index is -0.739. The number of ether oxygens (including phenoxy) is 1. The molecule has 2 rings (SSSR count). The van der Waals surface area contributed by atoms with Gasteiger partial charge in [-0.25, -0.2) is 4.79 Å². The van der Waals surface area contributed by atoms with Gasteiger partial charge in [-0.2, -0.15) is 0 Å². The van der Waals surface area contributed by atoms with Gasteiger partial charge >= 0.3 is 5.97 Å². The first-order valence-corrected chi connectivity index (χ1v) is 7.44. The lowest BCUT2D eigenvalue weighted by atomic mass is 10.1. The predicted octanol–water partition coefficient (Wildman–Crippen LogP) is 2.94. The Morgan fingerprint density at radius 3 is 2.57 bits per heavy atom. The molecule has 0 unspecified atom stereocenters. The highest BCUT2D eigenvalue weighted by Crippen LogP contribution is 2.19. The molecule has 0 radical (unpaired) electrons. The molecule has 0 N–H and O–H groups in total. The monoisotopic (exact) mass is 332 g/mol. The highest BCUT2D eigenvalue weighted by Gasteiger charge is 2.28. The van der Waals surface area contributed by atoms with Gasteiger partial charge in [0.2, 0.25) is 0 Å². The molecule has 1 heterocycles. The van der Waals surface area contributed by atoms with E-state index in [4.69, 9.17) is 16.3 Å². The van der Waals surface area contributed by atoms with Crippen molar-refractivity contribution in [2.45, 2.75) is 19.5 Å². The van der Waals surface area contributed by atoms with E-state index in [1.165, 1.54) is 30.5 Å². The number of pyridine rings is 1. The van der Waals surface area contributed by atoms with Crippen LogP contribution in [-0.2, 0) is 16.1 Å². The number of halogens is 1. The summed E-state index contributed by atoms with van der Waals surface area (Å²) in [6.07, 6.45) is 2.89. The highest BCUT2D eigenvalue weighted by atomic mass is 35.5. The summed E-state index contributed by atoms with van der Waals surface area (Å²) in [5.74, 6) is -0.835. The fraction of sp³-hybridized carbons (Fsp3) is 0.235. The van der Waals surface area contributed by atoms with Gasteiger partial charge in [0.25, 0.3) is 5.91 Å². The Bertz CT molecular complexity index is 691. The van der Waals surface area contributed by atoms with Crippen molar-refractivity contribution >= 4 is 23.5 Å². The van der Waals surface area contributed by atoms with Crippen LogP contribution in [0.3, 0.4) is 0 Å². The van der Waals surface area contributed by atoms with Crippen molar-refractivity contribution in [3.63, 3.8) is 0 Å². The van der Waals surface area contributed by atoms with Crippen molar-refractivity contribution in [1.29, 1.82) is 0 Å². The molecule has 0 saturated carbocycles. The van der Waals surface area contributed by atoms with E-state index in [1.54, 1.807) is 6.92 Å². The van der Waals surface area contributed by atoms with E-state index in [-0.39, 0.29) is 17.5 Å². The summed E-state index contributed by atoms with van der Waals surface area (Å²) in [6, 6.07) is 10.2. The summed E-state index contributed by atoms with van der Waals surface area (Å²) in [5.41, 5.74) is 1.20. The third-order valence-corrected chi connectivity index (χ3v) is 3.77. The Balaban J connectivity index is 2.35. The standard InChI is InChI=1S/C17H17ClN2O3/c1-12(17(22)23-2)20(11-13-6-4-3-5-7-13)16(21)14-8-9-19-10-15(14)18/h3-10,12H,11H2,1-2H3/t12-/m0/s1. The van der Waals surface area contributed by atoms with Crippen LogP contribution in [0.4, 0.5) is 0 Å². The molecular formula is C17H17ClN2O3. The Morgan fingerprint density at radius 1 is 1.26 bits per heavy atom. The summed E-state index contributed by atoms with van der Waals surface area (Å²) >= 11 is 6.06. The van der Waals surface area contributed by atoms with Gasteiger partial charge in [-0.3, -0.25) is 9.78 Å². The van der Waals surface area contributed by atoms with Gasteiger partial charge < -0.3 is 9.64 Å². The number of rotatable bonds is 5. The Kier molecular flexibility index (Phi) is 5.71. The van der Waals surface area contributed by atoms with Gasteiger partial charge in [-0.1, -0.05) is 41.9 Å². The number of hydrogen-bond donors (Lipinski definition) is 0. The maximum atomic E-state index is 12.8. The zero-order chi connectivity index (χ0) is 16.8. The highest BCUT2D eigenvalue weighted by molar-refractivity contribution is 6.33. The van der Waals surface area contributed by atoms with Gasteiger partial charge in [0, 0.05) is 18.9 Å². The van der Waals surface area contributed by atoms with E-state index < -0.39 is 12.0 Å². The molecule has 0 aliphatic heterocycles. The van der Waals surface area contributed by atoms with Crippen LogP contribution in [0.5, 0.6) is 0 Å². The summed E-state index contributed by atoms with van der Waals surface area (Å²) in [7, 11) is 1.30. The average molecular weight is 333 g/mol. The molecule has 5 nitrogen and oxygen atoms in total. The lowest BCUT2D eigenvalue weighted by Crippen LogP contribution is -2.43. The maximum absolute atomic E-state index is 12.8. The third-order valence-electron chi connectivity index (χ3n) is 3.47.